The Morgan fingerprint density at radius 1 is 1.40 bits per heavy atom. The highest BCUT2D eigenvalue weighted by atomic mass is 32.2. The van der Waals surface area contributed by atoms with Gasteiger partial charge in [0, 0.05) is 29.8 Å². The molecule has 1 fully saturated rings. The number of anilines is 1. The predicted octanol–water partition coefficient (Wildman–Crippen LogP) is 2.54. The lowest BCUT2D eigenvalue weighted by molar-refractivity contribution is 0.129. The summed E-state index contributed by atoms with van der Waals surface area (Å²) in [4.78, 5) is 0. The second kappa shape index (κ2) is 3.34. The molecule has 1 aromatic carbocycles. The normalized spacial score (nSPS) is 21.4. The molecule has 3 rings (SSSR count). The second-order valence-electron chi connectivity index (χ2n) is 4.54. The highest BCUT2D eigenvalue weighted by molar-refractivity contribution is 8.00. The molecule has 0 aromatic heterocycles. The van der Waals surface area contributed by atoms with Crippen molar-refractivity contribution in [3.63, 3.8) is 0 Å². The van der Waals surface area contributed by atoms with Crippen LogP contribution in [0.1, 0.15) is 12.5 Å². The van der Waals surface area contributed by atoms with Crippen LogP contribution < -0.4 is 10.1 Å². The third kappa shape index (κ3) is 1.69. The largest absolute Gasteiger partial charge is 0.486 e. The van der Waals surface area contributed by atoms with Gasteiger partial charge in [0.2, 0.25) is 0 Å². The average Bonchev–Trinajstić information content (AvgIpc) is 2.62. The summed E-state index contributed by atoms with van der Waals surface area (Å²) in [5, 5.41) is 3.38. The molecule has 3 heteroatoms. The van der Waals surface area contributed by atoms with Gasteiger partial charge in [-0.1, -0.05) is 6.07 Å². The quantitative estimate of drug-likeness (QED) is 0.829. The van der Waals surface area contributed by atoms with Gasteiger partial charge in [-0.3, -0.25) is 0 Å². The lowest BCUT2D eigenvalue weighted by Crippen LogP contribution is -2.45. The van der Waals surface area contributed by atoms with Gasteiger partial charge in [0.15, 0.2) is 0 Å². The zero-order valence-electron chi connectivity index (χ0n) is 8.88. The average molecular weight is 221 g/mol. The van der Waals surface area contributed by atoms with E-state index >= 15 is 0 Å². The molecule has 0 amide bonds. The monoisotopic (exact) mass is 221 g/mol. The summed E-state index contributed by atoms with van der Waals surface area (Å²) in [5.41, 5.74) is 2.73. The van der Waals surface area contributed by atoms with E-state index < -0.39 is 0 Å². The first-order valence-corrected chi connectivity index (χ1v) is 6.54. The standard InChI is InChI=1S/C12H15NOS/c1-12(7-15-8-12)14-10-3-2-9-4-5-13-11(9)6-10/h2-3,6,13H,4-5,7-8H2,1H3. The molecule has 0 atom stereocenters. The van der Waals surface area contributed by atoms with Gasteiger partial charge in [0.05, 0.1) is 0 Å². The van der Waals surface area contributed by atoms with Crippen LogP contribution >= 0.6 is 11.8 Å². The van der Waals surface area contributed by atoms with E-state index in [-0.39, 0.29) is 5.60 Å². The van der Waals surface area contributed by atoms with Gasteiger partial charge >= 0.3 is 0 Å². The highest BCUT2D eigenvalue weighted by Gasteiger charge is 2.35. The third-order valence-corrected chi connectivity index (χ3v) is 4.60. The molecule has 2 aliphatic heterocycles. The molecule has 0 radical (unpaired) electrons. The van der Waals surface area contributed by atoms with Crippen LogP contribution in [0.25, 0.3) is 0 Å². The number of ether oxygens (including phenoxy) is 1. The Morgan fingerprint density at radius 3 is 3.00 bits per heavy atom. The summed E-state index contributed by atoms with van der Waals surface area (Å²) in [5.74, 6) is 3.22. The maximum atomic E-state index is 6.00. The maximum Gasteiger partial charge on any atom is 0.124 e. The summed E-state index contributed by atoms with van der Waals surface area (Å²) in [7, 11) is 0. The van der Waals surface area contributed by atoms with Crippen LogP contribution in [0.5, 0.6) is 5.75 Å². The molecule has 1 N–H and O–H groups in total. The van der Waals surface area contributed by atoms with Crippen molar-refractivity contribution >= 4 is 17.4 Å². The van der Waals surface area contributed by atoms with Crippen LogP contribution in [0.15, 0.2) is 18.2 Å². The lowest BCUT2D eigenvalue weighted by atomic mass is 10.1. The van der Waals surface area contributed by atoms with E-state index in [0.717, 1.165) is 30.2 Å². The number of nitrogens with one attached hydrogen (secondary N) is 1. The lowest BCUT2D eigenvalue weighted by Gasteiger charge is -2.37. The summed E-state index contributed by atoms with van der Waals surface area (Å²) in [6.45, 7) is 3.25. The van der Waals surface area contributed by atoms with E-state index in [1.165, 1.54) is 11.3 Å². The van der Waals surface area contributed by atoms with Gasteiger partial charge in [0.1, 0.15) is 11.4 Å². The number of fused-ring (bicyclic) bond motifs is 1. The fourth-order valence-corrected chi connectivity index (χ4v) is 2.96. The molecule has 0 spiro atoms. The maximum absolute atomic E-state index is 6.00. The molecule has 2 aliphatic rings. The smallest absolute Gasteiger partial charge is 0.124 e. The van der Waals surface area contributed by atoms with Crippen molar-refractivity contribution < 1.29 is 4.74 Å². The Morgan fingerprint density at radius 2 is 2.27 bits per heavy atom. The van der Waals surface area contributed by atoms with Gasteiger partial charge in [-0.2, -0.15) is 11.8 Å². The Balaban J connectivity index is 1.81. The van der Waals surface area contributed by atoms with Crippen LogP contribution in [0.3, 0.4) is 0 Å². The van der Waals surface area contributed by atoms with Crippen molar-refractivity contribution in [3.05, 3.63) is 23.8 Å². The second-order valence-corrected chi connectivity index (χ2v) is 5.53. The van der Waals surface area contributed by atoms with Crippen LogP contribution in [-0.4, -0.2) is 23.7 Å². The van der Waals surface area contributed by atoms with E-state index in [4.69, 9.17) is 4.74 Å². The fraction of sp³-hybridized carbons (Fsp3) is 0.500. The molecule has 1 aromatic rings. The van der Waals surface area contributed by atoms with Crippen LogP contribution in [0.4, 0.5) is 5.69 Å². The molecule has 2 heterocycles. The van der Waals surface area contributed by atoms with Gasteiger partial charge in [-0.05, 0) is 25.0 Å². The predicted molar refractivity (Wildman–Crippen MR) is 65.0 cm³/mol. The van der Waals surface area contributed by atoms with E-state index in [9.17, 15) is 0 Å². The number of rotatable bonds is 2. The topological polar surface area (TPSA) is 21.3 Å². The summed E-state index contributed by atoms with van der Waals surface area (Å²) >= 11 is 1.95. The van der Waals surface area contributed by atoms with Crippen molar-refractivity contribution in [2.24, 2.45) is 0 Å². The first-order chi connectivity index (χ1) is 7.25. The Labute approximate surface area is 94.4 Å². The summed E-state index contributed by atoms with van der Waals surface area (Å²) < 4.78 is 6.00. The summed E-state index contributed by atoms with van der Waals surface area (Å²) in [6, 6.07) is 6.41. The van der Waals surface area contributed by atoms with Gasteiger partial charge in [0.25, 0.3) is 0 Å². The minimum atomic E-state index is 0.0670. The van der Waals surface area contributed by atoms with Gasteiger partial charge in [-0.15, -0.1) is 0 Å². The molecule has 80 valence electrons. The molecular weight excluding hydrogens is 206 g/mol. The van der Waals surface area contributed by atoms with E-state index in [1.807, 2.05) is 11.8 Å². The third-order valence-electron chi connectivity index (χ3n) is 2.97. The van der Waals surface area contributed by atoms with Crippen molar-refractivity contribution in [2.75, 3.05) is 23.4 Å². The van der Waals surface area contributed by atoms with Crippen molar-refractivity contribution in [3.8, 4) is 5.75 Å². The Kier molecular flexibility index (Phi) is 2.09. The Hall–Kier alpha value is -0.830. The van der Waals surface area contributed by atoms with Gasteiger partial charge < -0.3 is 10.1 Å². The highest BCUT2D eigenvalue weighted by Crippen LogP contribution is 2.35. The van der Waals surface area contributed by atoms with E-state index in [1.54, 1.807) is 0 Å². The van der Waals surface area contributed by atoms with Crippen molar-refractivity contribution in [1.29, 1.82) is 0 Å². The zero-order chi connectivity index (χ0) is 10.3. The van der Waals surface area contributed by atoms with Crippen LogP contribution in [0.2, 0.25) is 0 Å². The zero-order valence-corrected chi connectivity index (χ0v) is 9.69. The molecular formula is C12H15NOS. The van der Waals surface area contributed by atoms with E-state index in [2.05, 4.69) is 30.4 Å². The number of hydrogen-bond acceptors (Lipinski definition) is 3. The molecule has 1 saturated heterocycles. The summed E-state index contributed by atoms with van der Waals surface area (Å²) in [6.07, 6.45) is 1.14. The SMILES string of the molecule is CC1(Oc2ccc3c(c2)NCC3)CSC1. The molecule has 0 aliphatic carbocycles. The molecule has 0 saturated carbocycles. The van der Waals surface area contributed by atoms with E-state index in [0.29, 0.717) is 0 Å². The molecule has 15 heavy (non-hydrogen) atoms. The Bertz CT molecular complexity index is 387. The van der Waals surface area contributed by atoms with Gasteiger partial charge in [-0.25, -0.2) is 0 Å². The minimum Gasteiger partial charge on any atom is -0.486 e. The number of hydrogen-bond donors (Lipinski definition) is 1. The molecule has 0 unspecified atom stereocenters. The van der Waals surface area contributed by atoms with Crippen LogP contribution in [-0.2, 0) is 6.42 Å². The van der Waals surface area contributed by atoms with Crippen LogP contribution in [0, 0.1) is 0 Å². The first-order valence-electron chi connectivity index (χ1n) is 5.39. The fourth-order valence-electron chi connectivity index (χ4n) is 2.07. The number of thioether (sulfide) groups is 1. The first kappa shape index (κ1) is 9.40. The van der Waals surface area contributed by atoms with Crippen molar-refractivity contribution in [2.45, 2.75) is 18.9 Å². The molecule has 2 nitrogen and oxygen atoms in total. The molecule has 0 bridgehead atoms. The minimum absolute atomic E-state index is 0.0670. The number of benzene rings is 1. The van der Waals surface area contributed by atoms with Crippen molar-refractivity contribution in [1.82, 2.24) is 0 Å².